The van der Waals surface area contributed by atoms with Gasteiger partial charge in [0.25, 0.3) is 0 Å². The van der Waals surface area contributed by atoms with Crippen LogP contribution in [0, 0.1) is 5.92 Å². The van der Waals surface area contributed by atoms with E-state index in [-0.39, 0.29) is 6.29 Å². The molecule has 156 valence electrons. The van der Waals surface area contributed by atoms with Crippen LogP contribution in [0.4, 0.5) is 0 Å². The molecule has 1 fully saturated rings. The van der Waals surface area contributed by atoms with Crippen LogP contribution in [0.2, 0.25) is 0 Å². The van der Waals surface area contributed by atoms with Crippen molar-refractivity contribution in [3.05, 3.63) is 91.0 Å². The second-order valence-electron chi connectivity index (χ2n) is 8.23. The number of hydrogen-bond acceptors (Lipinski definition) is 2. The third kappa shape index (κ3) is 4.83. The zero-order valence-electron chi connectivity index (χ0n) is 17.8. The zero-order chi connectivity index (χ0) is 20.7. The Morgan fingerprint density at radius 2 is 1.30 bits per heavy atom. The van der Waals surface area contributed by atoms with Crippen LogP contribution in [0.5, 0.6) is 0 Å². The first kappa shape index (κ1) is 21.2. The fourth-order valence-corrected chi connectivity index (χ4v) is 9.06. The molecular formula is C27H32O2P+. The number of benzene rings is 3. The highest BCUT2D eigenvalue weighted by atomic mass is 31.2. The summed E-state index contributed by atoms with van der Waals surface area (Å²) in [5, 5.41) is 4.30. The quantitative estimate of drug-likeness (QED) is 0.470. The van der Waals surface area contributed by atoms with Crippen LogP contribution in [0.1, 0.15) is 26.2 Å². The molecular weight excluding hydrogens is 387 g/mol. The lowest BCUT2D eigenvalue weighted by Crippen LogP contribution is -2.36. The van der Waals surface area contributed by atoms with Crippen molar-refractivity contribution in [3.8, 4) is 0 Å². The van der Waals surface area contributed by atoms with E-state index in [1.807, 2.05) is 0 Å². The first-order valence-electron chi connectivity index (χ1n) is 11.1. The molecule has 1 heterocycles. The molecule has 1 aliphatic rings. The first-order chi connectivity index (χ1) is 14.8. The minimum absolute atomic E-state index is 0.0286. The van der Waals surface area contributed by atoms with Crippen LogP contribution in [-0.2, 0) is 9.47 Å². The van der Waals surface area contributed by atoms with E-state index in [2.05, 4.69) is 97.9 Å². The van der Waals surface area contributed by atoms with Gasteiger partial charge >= 0.3 is 0 Å². The predicted molar refractivity (Wildman–Crippen MR) is 129 cm³/mol. The highest BCUT2D eigenvalue weighted by Crippen LogP contribution is 2.56. The lowest BCUT2D eigenvalue weighted by molar-refractivity contribution is -0.167. The fourth-order valence-electron chi connectivity index (χ4n) is 4.45. The van der Waals surface area contributed by atoms with E-state index in [1.54, 1.807) is 0 Å². The molecule has 1 unspecified atom stereocenters. The first-order valence-corrected chi connectivity index (χ1v) is 13.0. The number of ether oxygens (including phenoxy) is 2. The van der Waals surface area contributed by atoms with E-state index in [1.165, 1.54) is 22.3 Å². The van der Waals surface area contributed by atoms with E-state index in [4.69, 9.17) is 9.47 Å². The summed E-state index contributed by atoms with van der Waals surface area (Å²) in [4.78, 5) is 0. The molecule has 0 amide bonds. The summed E-state index contributed by atoms with van der Waals surface area (Å²) in [6.07, 6.45) is 4.42. The maximum Gasteiger partial charge on any atom is 0.157 e. The Morgan fingerprint density at radius 1 is 0.800 bits per heavy atom. The summed E-state index contributed by atoms with van der Waals surface area (Å²) in [6.45, 7) is 3.89. The topological polar surface area (TPSA) is 18.5 Å². The van der Waals surface area contributed by atoms with Gasteiger partial charge in [-0.15, -0.1) is 0 Å². The average Bonchev–Trinajstić information content (AvgIpc) is 2.83. The molecule has 0 aliphatic carbocycles. The van der Waals surface area contributed by atoms with Crippen LogP contribution in [-0.4, -0.2) is 25.7 Å². The molecule has 0 N–H and O–H groups in total. The van der Waals surface area contributed by atoms with Crippen molar-refractivity contribution >= 4 is 23.2 Å². The van der Waals surface area contributed by atoms with Crippen molar-refractivity contribution in [1.29, 1.82) is 0 Å². The summed E-state index contributed by atoms with van der Waals surface area (Å²) >= 11 is 0. The van der Waals surface area contributed by atoms with Crippen molar-refractivity contribution in [2.75, 3.05) is 19.4 Å². The maximum absolute atomic E-state index is 6.19. The summed E-state index contributed by atoms with van der Waals surface area (Å²) < 4.78 is 12.0. The molecule has 2 atom stereocenters. The Morgan fingerprint density at radius 3 is 1.73 bits per heavy atom. The Labute approximate surface area is 181 Å². The molecule has 3 heteroatoms. The Kier molecular flexibility index (Phi) is 7.33. The summed E-state index contributed by atoms with van der Waals surface area (Å²) in [6, 6.07) is 33.2. The standard InChI is InChI=1S/C27H32O2P/c1-23(21-29-27-19-11-12-20-28-27)22-30(24-13-5-2-6-14-24,25-15-7-3-8-16-25)26-17-9-4-10-18-26/h2-10,13-18,23,27H,11-12,19-22H2,1H3/q+1/t23-,27?/m1/s1. The van der Waals surface area contributed by atoms with Gasteiger partial charge in [-0.3, -0.25) is 0 Å². The molecule has 0 spiro atoms. The molecule has 0 radical (unpaired) electrons. The van der Waals surface area contributed by atoms with Gasteiger partial charge in [-0.2, -0.15) is 0 Å². The fraction of sp³-hybridized carbons (Fsp3) is 0.333. The molecule has 1 saturated heterocycles. The van der Waals surface area contributed by atoms with Gasteiger partial charge in [-0.1, -0.05) is 61.5 Å². The Bertz CT molecular complexity index is 780. The van der Waals surface area contributed by atoms with Crippen molar-refractivity contribution in [2.24, 2.45) is 5.92 Å². The molecule has 4 rings (SSSR count). The van der Waals surface area contributed by atoms with E-state index in [9.17, 15) is 0 Å². The zero-order valence-corrected chi connectivity index (χ0v) is 18.7. The highest BCUT2D eigenvalue weighted by Gasteiger charge is 2.46. The van der Waals surface area contributed by atoms with Crippen LogP contribution in [0.15, 0.2) is 91.0 Å². The second-order valence-corrected chi connectivity index (χ2v) is 11.8. The van der Waals surface area contributed by atoms with Gasteiger partial charge in [0.2, 0.25) is 0 Å². The van der Waals surface area contributed by atoms with E-state index in [0.717, 1.165) is 32.2 Å². The van der Waals surface area contributed by atoms with Crippen LogP contribution in [0.25, 0.3) is 0 Å². The molecule has 30 heavy (non-hydrogen) atoms. The lowest BCUT2D eigenvalue weighted by Gasteiger charge is -2.31. The average molecular weight is 420 g/mol. The number of hydrogen-bond donors (Lipinski definition) is 0. The van der Waals surface area contributed by atoms with Crippen molar-refractivity contribution < 1.29 is 9.47 Å². The summed E-state index contributed by atoms with van der Waals surface area (Å²) in [7, 11) is -1.80. The SMILES string of the molecule is C[C@H](COC1CCCCO1)C[P+](c1ccccc1)(c1ccccc1)c1ccccc1. The normalized spacial score (nSPS) is 18.1. The Balaban J connectivity index is 1.69. The molecule has 0 saturated carbocycles. The largest absolute Gasteiger partial charge is 0.353 e. The highest BCUT2D eigenvalue weighted by molar-refractivity contribution is 7.95. The van der Waals surface area contributed by atoms with Crippen LogP contribution in [0.3, 0.4) is 0 Å². The molecule has 2 nitrogen and oxygen atoms in total. The van der Waals surface area contributed by atoms with Gasteiger partial charge in [-0.25, -0.2) is 0 Å². The Hall–Kier alpha value is -1.99. The van der Waals surface area contributed by atoms with Gasteiger partial charge in [0, 0.05) is 12.5 Å². The van der Waals surface area contributed by atoms with Gasteiger partial charge in [0.1, 0.15) is 23.2 Å². The van der Waals surface area contributed by atoms with Crippen molar-refractivity contribution in [2.45, 2.75) is 32.5 Å². The minimum atomic E-state index is -1.80. The van der Waals surface area contributed by atoms with Crippen LogP contribution >= 0.6 is 7.26 Å². The van der Waals surface area contributed by atoms with E-state index >= 15 is 0 Å². The molecule has 3 aromatic carbocycles. The summed E-state index contributed by atoms with van der Waals surface area (Å²) in [5.41, 5.74) is 0. The second kappa shape index (κ2) is 10.4. The van der Waals surface area contributed by atoms with E-state index < -0.39 is 7.26 Å². The van der Waals surface area contributed by atoms with Crippen molar-refractivity contribution in [1.82, 2.24) is 0 Å². The van der Waals surface area contributed by atoms with Crippen LogP contribution < -0.4 is 15.9 Å². The monoisotopic (exact) mass is 419 g/mol. The molecule has 0 bridgehead atoms. The van der Waals surface area contributed by atoms with Gasteiger partial charge < -0.3 is 9.47 Å². The maximum atomic E-state index is 6.19. The third-order valence-electron chi connectivity index (χ3n) is 5.88. The number of rotatable bonds is 8. The van der Waals surface area contributed by atoms with E-state index in [0.29, 0.717) is 5.92 Å². The predicted octanol–water partition coefficient (Wildman–Crippen LogP) is 5.16. The summed E-state index contributed by atoms with van der Waals surface area (Å²) in [5.74, 6) is 0.421. The lowest BCUT2D eigenvalue weighted by atomic mass is 10.2. The smallest absolute Gasteiger partial charge is 0.157 e. The molecule has 1 aliphatic heterocycles. The van der Waals surface area contributed by atoms with Gasteiger partial charge in [-0.05, 0) is 55.7 Å². The minimum Gasteiger partial charge on any atom is -0.353 e. The van der Waals surface area contributed by atoms with Gasteiger partial charge in [0.15, 0.2) is 6.29 Å². The third-order valence-corrected chi connectivity index (χ3v) is 10.6. The molecule has 3 aromatic rings. The molecule has 0 aromatic heterocycles. The van der Waals surface area contributed by atoms with Gasteiger partial charge in [0.05, 0.1) is 12.8 Å². The van der Waals surface area contributed by atoms with Crippen molar-refractivity contribution in [3.63, 3.8) is 0 Å².